The smallest absolute Gasteiger partial charge is 0.317 e. The van der Waals surface area contributed by atoms with Gasteiger partial charge in [0.1, 0.15) is 5.76 Å². The van der Waals surface area contributed by atoms with Gasteiger partial charge >= 0.3 is 6.03 Å². The van der Waals surface area contributed by atoms with Crippen LogP contribution in [-0.4, -0.2) is 24.0 Å². The molecule has 1 fully saturated rings. The van der Waals surface area contributed by atoms with Crippen LogP contribution in [-0.2, 0) is 13.0 Å². The third kappa shape index (κ3) is 3.91. The quantitative estimate of drug-likeness (QED) is 0.939. The number of piperidine rings is 1. The zero-order valence-corrected chi connectivity index (χ0v) is 12.7. The van der Waals surface area contributed by atoms with E-state index in [-0.39, 0.29) is 6.03 Å². The van der Waals surface area contributed by atoms with Gasteiger partial charge in [0, 0.05) is 13.1 Å². The molecule has 116 valence electrons. The van der Waals surface area contributed by atoms with Crippen LogP contribution in [0.25, 0.3) is 0 Å². The summed E-state index contributed by atoms with van der Waals surface area (Å²) in [5.41, 5.74) is 1.39. The first kappa shape index (κ1) is 14.7. The summed E-state index contributed by atoms with van der Waals surface area (Å²) >= 11 is 0. The molecular weight excluding hydrogens is 276 g/mol. The molecule has 3 rings (SSSR count). The number of carbonyl (C=O) groups excluding carboxylic acids is 1. The topological polar surface area (TPSA) is 45.5 Å². The van der Waals surface area contributed by atoms with E-state index < -0.39 is 0 Å². The first-order valence-electron chi connectivity index (χ1n) is 7.90. The number of nitrogens with zero attached hydrogens (tertiary/aromatic N) is 1. The number of hydrogen-bond donors (Lipinski definition) is 1. The molecule has 1 aromatic carbocycles. The number of urea groups is 1. The molecule has 0 aliphatic carbocycles. The maximum absolute atomic E-state index is 12.1. The minimum Gasteiger partial charge on any atom is -0.467 e. The Morgan fingerprint density at radius 2 is 1.91 bits per heavy atom. The van der Waals surface area contributed by atoms with Gasteiger partial charge in [0.2, 0.25) is 0 Å². The maximum Gasteiger partial charge on any atom is 0.317 e. The molecule has 0 unspecified atom stereocenters. The van der Waals surface area contributed by atoms with Crippen LogP contribution in [0.15, 0.2) is 53.1 Å². The first-order chi connectivity index (χ1) is 10.8. The number of rotatable bonds is 4. The highest BCUT2D eigenvalue weighted by Gasteiger charge is 2.22. The maximum atomic E-state index is 12.1. The van der Waals surface area contributed by atoms with E-state index in [1.54, 1.807) is 6.26 Å². The van der Waals surface area contributed by atoms with Gasteiger partial charge in [-0.05, 0) is 42.9 Å². The molecule has 0 spiro atoms. The molecule has 4 nitrogen and oxygen atoms in total. The van der Waals surface area contributed by atoms with Crippen molar-refractivity contribution in [3.63, 3.8) is 0 Å². The van der Waals surface area contributed by atoms with Gasteiger partial charge in [0.15, 0.2) is 0 Å². The van der Waals surface area contributed by atoms with Gasteiger partial charge in [-0.1, -0.05) is 30.3 Å². The Hall–Kier alpha value is -2.23. The molecule has 2 heterocycles. The van der Waals surface area contributed by atoms with Crippen LogP contribution in [0.1, 0.15) is 24.2 Å². The minimum absolute atomic E-state index is 0.00885. The fraction of sp³-hybridized carbons (Fsp3) is 0.389. The zero-order chi connectivity index (χ0) is 15.2. The van der Waals surface area contributed by atoms with E-state index in [1.807, 2.05) is 17.0 Å². The summed E-state index contributed by atoms with van der Waals surface area (Å²) in [6, 6.07) is 14.3. The van der Waals surface area contributed by atoms with Gasteiger partial charge in [0.05, 0.1) is 12.8 Å². The molecule has 1 aliphatic rings. The summed E-state index contributed by atoms with van der Waals surface area (Å²) in [5, 5.41) is 2.91. The van der Waals surface area contributed by atoms with Crippen molar-refractivity contribution in [2.24, 2.45) is 5.92 Å². The van der Waals surface area contributed by atoms with Crippen molar-refractivity contribution in [2.45, 2.75) is 25.8 Å². The molecular formula is C18H22N2O2. The lowest BCUT2D eigenvalue weighted by molar-refractivity contribution is 0.169. The lowest BCUT2D eigenvalue weighted by Crippen LogP contribution is -2.44. The van der Waals surface area contributed by atoms with Crippen molar-refractivity contribution in [3.8, 4) is 0 Å². The van der Waals surface area contributed by atoms with Crippen LogP contribution in [0.3, 0.4) is 0 Å². The van der Waals surface area contributed by atoms with Gasteiger partial charge in [-0.15, -0.1) is 0 Å². The van der Waals surface area contributed by atoms with Crippen molar-refractivity contribution in [1.29, 1.82) is 0 Å². The van der Waals surface area contributed by atoms with Crippen molar-refractivity contribution in [3.05, 3.63) is 60.1 Å². The molecule has 22 heavy (non-hydrogen) atoms. The van der Waals surface area contributed by atoms with E-state index in [1.165, 1.54) is 5.56 Å². The Bertz CT molecular complexity index is 572. The average molecular weight is 298 g/mol. The molecule has 0 atom stereocenters. The minimum atomic E-state index is 0.00885. The molecule has 0 saturated carbocycles. The van der Waals surface area contributed by atoms with Crippen LogP contribution in [0.4, 0.5) is 4.79 Å². The Labute approximate surface area is 131 Å². The number of carbonyl (C=O) groups is 1. The molecule has 1 N–H and O–H groups in total. The summed E-state index contributed by atoms with van der Waals surface area (Å²) in [6.45, 7) is 2.12. The van der Waals surface area contributed by atoms with Gasteiger partial charge in [-0.25, -0.2) is 4.79 Å². The van der Waals surface area contributed by atoms with Crippen LogP contribution in [0, 0.1) is 5.92 Å². The van der Waals surface area contributed by atoms with Gasteiger partial charge in [-0.3, -0.25) is 0 Å². The number of furan rings is 1. The lowest BCUT2D eigenvalue weighted by atomic mass is 9.90. The average Bonchev–Trinajstić information content (AvgIpc) is 3.08. The highest BCUT2D eigenvalue weighted by Crippen LogP contribution is 2.21. The second-order valence-corrected chi connectivity index (χ2v) is 5.86. The third-order valence-electron chi connectivity index (χ3n) is 4.26. The molecule has 2 aromatic rings. The Morgan fingerprint density at radius 1 is 1.14 bits per heavy atom. The molecule has 0 radical (unpaired) electrons. The van der Waals surface area contributed by atoms with Crippen LogP contribution >= 0.6 is 0 Å². The number of amides is 2. The monoisotopic (exact) mass is 298 g/mol. The SMILES string of the molecule is O=C(NCc1ccco1)N1CCC(Cc2ccccc2)CC1. The van der Waals surface area contributed by atoms with Crippen LogP contribution in [0.5, 0.6) is 0 Å². The normalized spacial score (nSPS) is 15.7. The van der Waals surface area contributed by atoms with Crippen molar-refractivity contribution in [2.75, 3.05) is 13.1 Å². The summed E-state index contributed by atoms with van der Waals surface area (Å²) in [4.78, 5) is 14.0. The predicted octanol–water partition coefficient (Wildman–Crippen LogP) is 3.44. The van der Waals surface area contributed by atoms with Crippen molar-refractivity contribution in [1.82, 2.24) is 10.2 Å². The van der Waals surface area contributed by atoms with E-state index in [9.17, 15) is 4.79 Å². The summed E-state index contributed by atoms with van der Waals surface area (Å²) in [5.74, 6) is 1.46. The second-order valence-electron chi connectivity index (χ2n) is 5.86. The molecule has 1 saturated heterocycles. The van der Waals surface area contributed by atoms with E-state index in [2.05, 4.69) is 35.6 Å². The summed E-state index contributed by atoms with van der Waals surface area (Å²) in [6.07, 6.45) is 4.88. The van der Waals surface area contributed by atoms with Gasteiger partial charge < -0.3 is 14.6 Å². The predicted molar refractivity (Wildman–Crippen MR) is 85.4 cm³/mol. The van der Waals surface area contributed by atoms with Crippen LogP contribution < -0.4 is 5.32 Å². The second kappa shape index (κ2) is 7.16. The largest absolute Gasteiger partial charge is 0.467 e. The zero-order valence-electron chi connectivity index (χ0n) is 12.7. The first-order valence-corrected chi connectivity index (χ1v) is 7.90. The van der Waals surface area contributed by atoms with Crippen molar-refractivity contribution >= 4 is 6.03 Å². The summed E-state index contributed by atoms with van der Waals surface area (Å²) < 4.78 is 5.22. The van der Waals surface area contributed by atoms with Gasteiger partial charge in [-0.2, -0.15) is 0 Å². The molecule has 1 aromatic heterocycles. The third-order valence-corrected chi connectivity index (χ3v) is 4.26. The molecule has 2 amide bonds. The van der Waals surface area contributed by atoms with Crippen LogP contribution in [0.2, 0.25) is 0 Å². The fourth-order valence-corrected chi connectivity index (χ4v) is 2.98. The standard InChI is InChI=1S/C18H22N2O2/c21-18(19-14-17-7-4-12-22-17)20-10-8-16(9-11-20)13-15-5-2-1-3-6-15/h1-7,12,16H,8-11,13-14H2,(H,19,21). The Balaban J connectivity index is 1.42. The van der Waals surface area contributed by atoms with E-state index >= 15 is 0 Å². The van der Waals surface area contributed by atoms with E-state index in [4.69, 9.17) is 4.42 Å². The summed E-state index contributed by atoms with van der Waals surface area (Å²) in [7, 11) is 0. The molecule has 0 bridgehead atoms. The van der Waals surface area contributed by atoms with E-state index in [0.717, 1.165) is 38.1 Å². The molecule has 4 heteroatoms. The van der Waals surface area contributed by atoms with Crippen molar-refractivity contribution < 1.29 is 9.21 Å². The molecule has 1 aliphatic heterocycles. The Kier molecular flexibility index (Phi) is 4.78. The highest BCUT2D eigenvalue weighted by molar-refractivity contribution is 5.74. The Morgan fingerprint density at radius 3 is 2.59 bits per heavy atom. The number of likely N-dealkylation sites (tertiary alicyclic amines) is 1. The van der Waals surface area contributed by atoms with E-state index in [0.29, 0.717) is 12.5 Å². The lowest BCUT2D eigenvalue weighted by Gasteiger charge is -2.32. The highest BCUT2D eigenvalue weighted by atomic mass is 16.3. The number of benzene rings is 1. The number of nitrogens with one attached hydrogen (secondary N) is 1. The number of hydrogen-bond acceptors (Lipinski definition) is 2. The fourth-order valence-electron chi connectivity index (χ4n) is 2.98. The van der Waals surface area contributed by atoms with Gasteiger partial charge in [0.25, 0.3) is 0 Å².